The van der Waals surface area contributed by atoms with E-state index >= 15 is 0 Å². The minimum absolute atomic E-state index is 0.0296. The number of hydrogen-bond donors (Lipinski definition) is 1. The molecule has 0 spiro atoms. The van der Waals surface area contributed by atoms with E-state index in [4.69, 9.17) is 11.6 Å². The minimum atomic E-state index is -0.859. The fourth-order valence-electron chi connectivity index (χ4n) is 3.01. The van der Waals surface area contributed by atoms with Crippen LogP contribution in [-0.2, 0) is 4.79 Å². The summed E-state index contributed by atoms with van der Waals surface area (Å²) >= 11 is 6.21. The average Bonchev–Trinajstić information content (AvgIpc) is 2.88. The van der Waals surface area contributed by atoms with Gasteiger partial charge in [0.25, 0.3) is 5.91 Å². The highest BCUT2D eigenvalue weighted by molar-refractivity contribution is 6.34. The van der Waals surface area contributed by atoms with Gasteiger partial charge >= 0.3 is 5.97 Å². The number of nitrogens with zero attached hydrogens (tertiary/aromatic N) is 1. The summed E-state index contributed by atoms with van der Waals surface area (Å²) in [4.78, 5) is 26.0. The van der Waals surface area contributed by atoms with Crippen LogP contribution in [-0.4, -0.2) is 35.0 Å². The van der Waals surface area contributed by atoms with Crippen LogP contribution in [0.15, 0.2) is 12.1 Å². The topological polar surface area (TPSA) is 57.6 Å². The normalized spacial score (nSPS) is 21.5. The Balaban J connectivity index is 2.29. The van der Waals surface area contributed by atoms with Crippen molar-refractivity contribution >= 4 is 23.5 Å². The average molecular weight is 324 g/mol. The molecule has 1 fully saturated rings. The molecule has 1 saturated heterocycles. The van der Waals surface area contributed by atoms with Crippen LogP contribution in [0, 0.1) is 25.2 Å². The number of halogens is 1. The van der Waals surface area contributed by atoms with Crippen molar-refractivity contribution in [1.29, 1.82) is 0 Å². The van der Waals surface area contributed by atoms with Gasteiger partial charge in [-0.3, -0.25) is 9.59 Å². The monoisotopic (exact) mass is 323 g/mol. The van der Waals surface area contributed by atoms with Gasteiger partial charge in [0.1, 0.15) is 0 Å². The minimum Gasteiger partial charge on any atom is -0.481 e. The quantitative estimate of drug-likeness (QED) is 0.925. The second kappa shape index (κ2) is 5.92. The van der Waals surface area contributed by atoms with Crippen LogP contribution in [0.5, 0.6) is 0 Å². The maximum Gasteiger partial charge on any atom is 0.311 e. The zero-order valence-electron chi connectivity index (χ0n) is 13.4. The number of carbonyl (C=O) groups is 2. The lowest BCUT2D eigenvalue weighted by Crippen LogP contribution is -2.40. The molecule has 0 aromatic heterocycles. The summed E-state index contributed by atoms with van der Waals surface area (Å²) in [6.07, 6.45) is 0.480. The molecule has 0 bridgehead atoms. The largest absolute Gasteiger partial charge is 0.481 e. The van der Waals surface area contributed by atoms with E-state index in [1.807, 2.05) is 27.7 Å². The lowest BCUT2D eigenvalue weighted by atomic mass is 9.76. The standard InChI is InChI=1S/C17H22ClNO3/c1-10(2)17(16(21)22)5-6-19(9-17)15(20)13-7-11(3)12(4)8-14(13)18/h7-8,10H,5-6,9H2,1-4H3,(H,21,22). The van der Waals surface area contributed by atoms with Gasteiger partial charge in [0.2, 0.25) is 0 Å². The van der Waals surface area contributed by atoms with Gasteiger partial charge in [-0.2, -0.15) is 0 Å². The lowest BCUT2D eigenvalue weighted by molar-refractivity contribution is -0.150. The Morgan fingerprint density at radius 2 is 1.86 bits per heavy atom. The Kier molecular flexibility index (Phi) is 4.52. The summed E-state index contributed by atoms with van der Waals surface area (Å²) < 4.78 is 0. The first kappa shape index (κ1) is 16.8. The van der Waals surface area contributed by atoms with Crippen molar-refractivity contribution in [2.24, 2.45) is 11.3 Å². The molecule has 1 atom stereocenters. The Morgan fingerprint density at radius 3 is 2.36 bits per heavy atom. The van der Waals surface area contributed by atoms with E-state index in [1.54, 1.807) is 17.0 Å². The maximum atomic E-state index is 12.7. The van der Waals surface area contributed by atoms with Crippen LogP contribution in [0.2, 0.25) is 5.02 Å². The molecule has 120 valence electrons. The van der Waals surface area contributed by atoms with Crippen molar-refractivity contribution in [3.63, 3.8) is 0 Å². The molecule has 1 aromatic carbocycles. The molecule has 5 heteroatoms. The van der Waals surface area contributed by atoms with Crippen molar-refractivity contribution in [2.45, 2.75) is 34.1 Å². The number of likely N-dealkylation sites (tertiary alicyclic amines) is 1. The van der Waals surface area contributed by atoms with E-state index in [0.29, 0.717) is 23.6 Å². The predicted octanol–water partition coefficient (Wildman–Crippen LogP) is 3.53. The van der Waals surface area contributed by atoms with Crippen LogP contribution in [0.1, 0.15) is 41.8 Å². The van der Waals surface area contributed by atoms with E-state index in [-0.39, 0.29) is 18.4 Å². The molecule has 1 aliphatic rings. The van der Waals surface area contributed by atoms with Gasteiger partial charge in [-0.25, -0.2) is 0 Å². The molecule has 4 nitrogen and oxygen atoms in total. The molecule has 1 aliphatic heterocycles. The van der Waals surface area contributed by atoms with Crippen molar-refractivity contribution in [2.75, 3.05) is 13.1 Å². The number of aliphatic carboxylic acids is 1. The van der Waals surface area contributed by atoms with Crippen molar-refractivity contribution in [3.8, 4) is 0 Å². The first-order valence-electron chi connectivity index (χ1n) is 7.48. The Morgan fingerprint density at radius 1 is 1.27 bits per heavy atom. The van der Waals surface area contributed by atoms with E-state index in [0.717, 1.165) is 11.1 Å². The number of aryl methyl sites for hydroxylation is 2. The third-order valence-corrected chi connectivity index (χ3v) is 5.25. The van der Waals surface area contributed by atoms with Crippen molar-refractivity contribution in [3.05, 3.63) is 33.8 Å². The van der Waals surface area contributed by atoms with Gasteiger partial charge in [-0.1, -0.05) is 25.4 Å². The molecular weight excluding hydrogens is 302 g/mol. The SMILES string of the molecule is Cc1cc(Cl)c(C(=O)N2CCC(C(=O)O)(C(C)C)C2)cc1C. The van der Waals surface area contributed by atoms with Crippen molar-refractivity contribution in [1.82, 2.24) is 4.90 Å². The number of benzene rings is 1. The van der Waals surface area contributed by atoms with Gasteiger partial charge in [0.15, 0.2) is 0 Å². The second-order valence-corrected chi connectivity index (χ2v) is 6.92. The van der Waals surface area contributed by atoms with E-state index in [9.17, 15) is 14.7 Å². The Labute approximate surface area is 136 Å². The summed E-state index contributed by atoms with van der Waals surface area (Å²) in [6, 6.07) is 3.57. The molecule has 1 amide bonds. The second-order valence-electron chi connectivity index (χ2n) is 6.51. The predicted molar refractivity (Wildman–Crippen MR) is 86.4 cm³/mol. The summed E-state index contributed by atoms with van der Waals surface area (Å²) in [7, 11) is 0. The van der Waals surface area contributed by atoms with Crippen molar-refractivity contribution < 1.29 is 14.7 Å². The summed E-state index contributed by atoms with van der Waals surface area (Å²) in [5.74, 6) is -1.04. The third kappa shape index (κ3) is 2.72. The van der Waals surface area contributed by atoms with Crippen LogP contribution in [0.3, 0.4) is 0 Å². The van der Waals surface area contributed by atoms with Gasteiger partial charge in [0, 0.05) is 13.1 Å². The number of amides is 1. The smallest absolute Gasteiger partial charge is 0.311 e. The van der Waals surface area contributed by atoms with Gasteiger partial charge in [-0.15, -0.1) is 0 Å². The maximum absolute atomic E-state index is 12.7. The number of rotatable bonds is 3. The van der Waals surface area contributed by atoms with Gasteiger partial charge in [-0.05, 0) is 49.4 Å². The zero-order chi connectivity index (χ0) is 16.7. The lowest BCUT2D eigenvalue weighted by Gasteiger charge is -2.28. The van der Waals surface area contributed by atoms with Crippen LogP contribution < -0.4 is 0 Å². The van der Waals surface area contributed by atoms with Gasteiger partial charge < -0.3 is 10.0 Å². The molecule has 0 aliphatic carbocycles. The summed E-state index contributed by atoms with van der Waals surface area (Å²) in [6.45, 7) is 8.35. The molecule has 0 saturated carbocycles. The number of hydrogen-bond acceptors (Lipinski definition) is 2. The van der Waals surface area contributed by atoms with Gasteiger partial charge in [0.05, 0.1) is 16.0 Å². The highest BCUT2D eigenvalue weighted by Crippen LogP contribution is 2.39. The van der Waals surface area contributed by atoms with Crippen LogP contribution >= 0.6 is 11.6 Å². The zero-order valence-corrected chi connectivity index (χ0v) is 14.2. The summed E-state index contributed by atoms with van der Waals surface area (Å²) in [5, 5.41) is 10.00. The Bertz CT molecular complexity index is 627. The fraction of sp³-hybridized carbons (Fsp3) is 0.529. The molecule has 2 rings (SSSR count). The number of carbonyl (C=O) groups excluding carboxylic acids is 1. The Hall–Kier alpha value is -1.55. The van der Waals surface area contributed by atoms with E-state index in [1.165, 1.54) is 0 Å². The van der Waals surface area contributed by atoms with Crippen LogP contribution in [0.4, 0.5) is 0 Å². The molecule has 1 unspecified atom stereocenters. The van der Waals surface area contributed by atoms with E-state index < -0.39 is 11.4 Å². The first-order chi connectivity index (χ1) is 10.2. The number of carboxylic acids is 1. The molecule has 1 N–H and O–H groups in total. The molecule has 1 heterocycles. The highest BCUT2D eigenvalue weighted by Gasteiger charge is 2.48. The molecular formula is C17H22ClNO3. The highest BCUT2D eigenvalue weighted by atomic mass is 35.5. The third-order valence-electron chi connectivity index (χ3n) is 4.93. The fourth-order valence-corrected chi connectivity index (χ4v) is 3.31. The first-order valence-corrected chi connectivity index (χ1v) is 7.86. The molecule has 0 radical (unpaired) electrons. The van der Waals surface area contributed by atoms with E-state index in [2.05, 4.69) is 0 Å². The number of carboxylic acid groups (broad SMARTS) is 1. The molecule has 1 aromatic rings. The van der Waals surface area contributed by atoms with Crippen LogP contribution in [0.25, 0.3) is 0 Å². The summed E-state index contributed by atoms with van der Waals surface area (Å²) in [5.41, 5.74) is 1.63. The molecule has 22 heavy (non-hydrogen) atoms.